The SMILES string of the molecule is O=C(CCC(=O)c1ccc(Br)cc1)NCC(=O)OCc1ccccc1. The number of esters is 1. The minimum Gasteiger partial charge on any atom is -0.460 e. The molecule has 0 aliphatic carbocycles. The Bertz CT molecular complexity index is 729. The van der Waals surface area contributed by atoms with Gasteiger partial charge in [-0.05, 0) is 17.7 Å². The Morgan fingerprint density at radius 2 is 1.60 bits per heavy atom. The first-order chi connectivity index (χ1) is 12.0. The monoisotopic (exact) mass is 403 g/mol. The zero-order chi connectivity index (χ0) is 18.1. The zero-order valence-electron chi connectivity index (χ0n) is 13.5. The van der Waals surface area contributed by atoms with Crippen molar-refractivity contribution in [2.45, 2.75) is 19.4 Å². The van der Waals surface area contributed by atoms with Crippen molar-refractivity contribution in [3.8, 4) is 0 Å². The minimum absolute atomic E-state index is 0.0286. The van der Waals surface area contributed by atoms with Gasteiger partial charge in [0.15, 0.2) is 5.78 Å². The molecule has 0 aromatic heterocycles. The molecule has 25 heavy (non-hydrogen) atoms. The van der Waals surface area contributed by atoms with Gasteiger partial charge in [-0.25, -0.2) is 0 Å². The Labute approximate surface area is 154 Å². The first kappa shape index (κ1) is 18.9. The number of ketones is 1. The van der Waals surface area contributed by atoms with Crippen molar-refractivity contribution in [3.05, 3.63) is 70.2 Å². The summed E-state index contributed by atoms with van der Waals surface area (Å²) in [6, 6.07) is 16.2. The summed E-state index contributed by atoms with van der Waals surface area (Å²) in [4.78, 5) is 35.3. The normalized spacial score (nSPS) is 10.1. The molecule has 0 aliphatic heterocycles. The van der Waals surface area contributed by atoms with E-state index in [-0.39, 0.29) is 37.7 Å². The van der Waals surface area contributed by atoms with Crippen molar-refractivity contribution in [3.63, 3.8) is 0 Å². The molecule has 5 nitrogen and oxygen atoms in total. The molecule has 1 N–H and O–H groups in total. The Morgan fingerprint density at radius 1 is 0.920 bits per heavy atom. The van der Waals surface area contributed by atoms with Crippen molar-refractivity contribution in [2.75, 3.05) is 6.54 Å². The molecule has 0 radical (unpaired) electrons. The lowest BCUT2D eigenvalue weighted by molar-refractivity contribution is -0.145. The van der Waals surface area contributed by atoms with Gasteiger partial charge in [0.05, 0.1) is 0 Å². The number of rotatable bonds is 8. The predicted molar refractivity (Wildman–Crippen MR) is 97.0 cm³/mol. The van der Waals surface area contributed by atoms with E-state index in [1.54, 1.807) is 24.3 Å². The fourth-order valence-corrected chi connectivity index (χ4v) is 2.32. The molecule has 0 saturated heterocycles. The molecule has 130 valence electrons. The van der Waals surface area contributed by atoms with Crippen LogP contribution in [0.25, 0.3) is 0 Å². The summed E-state index contributed by atoms with van der Waals surface area (Å²) in [7, 11) is 0. The Balaban J connectivity index is 1.65. The standard InChI is InChI=1S/C19H18BrNO4/c20-16-8-6-15(7-9-16)17(22)10-11-18(23)21-12-19(24)25-13-14-4-2-1-3-5-14/h1-9H,10-13H2,(H,21,23). The molecule has 2 aromatic carbocycles. The Morgan fingerprint density at radius 3 is 2.28 bits per heavy atom. The van der Waals surface area contributed by atoms with Crippen LogP contribution < -0.4 is 5.32 Å². The van der Waals surface area contributed by atoms with Crippen LogP contribution in [0.15, 0.2) is 59.1 Å². The Hall–Kier alpha value is -2.47. The van der Waals surface area contributed by atoms with Crippen molar-refractivity contribution in [1.82, 2.24) is 5.32 Å². The molecule has 0 aliphatic rings. The van der Waals surface area contributed by atoms with E-state index in [1.165, 1.54) is 0 Å². The molecule has 1 amide bonds. The van der Waals surface area contributed by atoms with Gasteiger partial charge in [-0.2, -0.15) is 0 Å². The maximum Gasteiger partial charge on any atom is 0.325 e. The van der Waals surface area contributed by atoms with E-state index in [1.807, 2.05) is 30.3 Å². The zero-order valence-corrected chi connectivity index (χ0v) is 15.1. The van der Waals surface area contributed by atoms with E-state index in [9.17, 15) is 14.4 Å². The molecule has 6 heteroatoms. The van der Waals surface area contributed by atoms with Crippen LogP contribution in [0.5, 0.6) is 0 Å². The third kappa shape index (κ3) is 6.89. The fraction of sp³-hybridized carbons (Fsp3) is 0.211. The van der Waals surface area contributed by atoms with Gasteiger partial charge in [0.1, 0.15) is 13.2 Å². The van der Waals surface area contributed by atoms with Gasteiger partial charge < -0.3 is 10.1 Å². The predicted octanol–water partition coefficient (Wildman–Crippen LogP) is 3.27. The van der Waals surface area contributed by atoms with Crippen molar-refractivity contribution in [1.29, 1.82) is 0 Å². The smallest absolute Gasteiger partial charge is 0.325 e. The summed E-state index contributed by atoms with van der Waals surface area (Å²) < 4.78 is 5.94. The van der Waals surface area contributed by atoms with Gasteiger partial charge in [-0.1, -0.05) is 58.4 Å². The van der Waals surface area contributed by atoms with Gasteiger partial charge in [0.2, 0.25) is 5.91 Å². The summed E-state index contributed by atoms with van der Waals surface area (Å²) in [5.74, 6) is -0.993. The fourth-order valence-electron chi connectivity index (χ4n) is 2.06. The second-order valence-electron chi connectivity index (χ2n) is 5.35. The summed E-state index contributed by atoms with van der Waals surface area (Å²) in [6.45, 7) is -0.0459. The molecule has 0 bridgehead atoms. The van der Waals surface area contributed by atoms with Gasteiger partial charge in [0.25, 0.3) is 0 Å². The van der Waals surface area contributed by atoms with Gasteiger partial charge in [-0.3, -0.25) is 14.4 Å². The topological polar surface area (TPSA) is 72.5 Å². The molecule has 0 heterocycles. The van der Waals surface area contributed by atoms with E-state index in [0.717, 1.165) is 10.0 Å². The highest BCUT2D eigenvalue weighted by molar-refractivity contribution is 9.10. The lowest BCUT2D eigenvalue weighted by Crippen LogP contribution is -2.30. The number of hydrogen-bond donors (Lipinski definition) is 1. The summed E-state index contributed by atoms with van der Waals surface area (Å²) >= 11 is 3.30. The van der Waals surface area contributed by atoms with Gasteiger partial charge in [0, 0.05) is 22.9 Å². The average molecular weight is 404 g/mol. The molecule has 2 aromatic rings. The third-order valence-corrected chi connectivity index (χ3v) is 3.95. The van der Waals surface area contributed by atoms with E-state index in [4.69, 9.17) is 4.74 Å². The Kier molecular flexibility index (Phi) is 7.35. The number of amides is 1. The van der Waals surface area contributed by atoms with Crippen LogP contribution in [0.4, 0.5) is 0 Å². The van der Waals surface area contributed by atoms with Crippen molar-refractivity contribution < 1.29 is 19.1 Å². The van der Waals surface area contributed by atoms with Crippen LogP contribution in [0.1, 0.15) is 28.8 Å². The van der Waals surface area contributed by atoms with Crippen LogP contribution in [0, 0.1) is 0 Å². The van der Waals surface area contributed by atoms with Crippen LogP contribution >= 0.6 is 15.9 Å². The number of carbonyl (C=O) groups is 3. The molecule has 0 fully saturated rings. The number of Topliss-reactive ketones (excluding diaryl/α,β-unsaturated/α-hetero) is 1. The molecular weight excluding hydrogens is 386 g/mol. The molecule has 0 saturated carbocycles. The van der Waals surface area contributed by atoms with E-state index < -0.39 is 5.97 Å². The maximum absolute atomic E-state index is 12.0. The summed E-state index contributed by atoms with van der Waals surface area (Å²) in [6.07, 6.45) is 0.118. The van der Waals surface area contributed by atoms with E-state index in [0.29, 0.717) is 5.56 Å². The average Bonchev–Trinajstić information content (AvgIpc) is 2.64. The second kappa shape index (κ2) is 9.74. The number of carbonyl (C=O) groups excluding carboxylic acids is 3. The van der Waals surface area contributed by atoms with Gasteiger partial charge >= 0.3 is 5.97 Å². The van der Waals surface area contributed by atoms with E-state index >= 15 is 0 Å². The summed E-state index contributed by atoms with van der Waals surface area (Å²) in [5.41, 5.74) is 1.43. The maximum atomic E-state index is 12.0. The second-order valence-corrected chi connectivity index (χ2v) is 6.27. The quantitative estimate of drug-likeness (QED) is 0.542. The molecule has 0 atom stereocenters. The lowest BCUT2D eigenvalue weighted by Gasteiger charge is -2.06. The molecule has 2 rings (SSSR count). The van der Waals surface area contributed by atoms with Crippen molar-refractivity contribution >= 4 is 33.6 Å². The number of hydrogen-bond acceptors (Lipinski definition) is 4. The highest BCUT2D eigenvalue weighted by atomic mass is 79.9. The summed E-state index contributed by atoms with van der Waals surface area (Å²) in [5, 5.41) is 2.46. The van der Waals surface area contributed by atoms with Crippen LogP contribution in [0.3, 0.4) is 0 Å². The van der Waals surface area contributed by atoms with Crippen LogP contribution in [0.2, 0.25) is 0 Å². The molecular formula is C19H18BrNO4. The first-order valence-corrected chi connectivity index (χ1v) is 8.59. The van der Waals surface area contributed by atoms with Crippen LogP contribution in [-0.4, -0.2) is 24.2 Å². The lowest BCUT2D eigenvalue weighted by atomic mass is 10.1. The van der Waals surface area contributed by atoms with Crippen molar-refractivity contribution in [2.24, 2.45) is 0 Å². The number of ether oxygens (including phenoxy) is 1. The highest BCUT2D eigenvalue weighted by Crippen LogP contribution is 2.12. The van der Waals surface area contributed by atoms with E-state index in [2.05, 4.69) is 21.2 Å². The number of nitrogens with one attached hydrogen (secondary N) is 1. The van der Waals surface area contributed by atoms with Gasteiger partial charge in [-0.15, -0.1) is 0 Å². The highest BCUT2D eigenvalue weighted by Gasteiger charge is 2.11. The first-order valence-electron chi connectivity index (χ1n) is 7.79. The minimum atomic E-state index is -0.517. The molecule has 0 spiro atoms. The number of halogens is 1. The van der Waals surface area contributed by atoms with Crippen LogP contribution in [-0.2, 0) is 20.9 Å². The number of benzene rings is 2. The largest absolute Gasteiger partial charge is 0.460 e. The molecule has 0 unspecified atom stereocenters. The third-order valence-electron chi connectivity index (χ3n) is 3.42.